The van der Waals surface area contributed by atoms with E-state index in [2.05, 4.69) is 192 Å². The summed E-state index contributed by atoms with van der Waals surface area (Å²) in [6, 6.07) is 52.0. The van der Waals surface area contributed by atoms with E-state index < -0.39 is 0 Å². The van der Waals surface area contributed by atoms with Crippen molar-refractivity contribution < 1.29 is 8.83 Å². The molecule has 0 radical (unpaired) electrons. The van der Waals surface area contributed by atoms with Gasteiger partial charge in [-0.3, -0.25) is 0 Å². The Morgan fingerprint density at radius 3 is 1.55 bits per heavy atom. The lowest BCUT2D eigenvalue weighted by Gasteiger charge is -2.47. The van der Waals surface area contributed by atoms with Gasteiger partial charge < -0.3 is 18.6 Å². The fourth-order valence-electron chi connectivity index (χ4n) is 11.2. The van der Waals surface area contributed by atoms with Gasteiger partial charge in [0, 0.05) is 44.8 Å². The van der Waals surface area contributed by atoms with Crippen LogP contribution in [0.4, 0.5) is 22.7 Å². The van der Waals surface area contributed by atoms with Crippen LogP contribution in [0.15, 0.2) is 236 Å². The molecule has 0 bridgehead atoms. The van der Waals surface area contributed by atoms with Crippen LogP contribution in [0.2, 0.25) is 0 Å². The zero-order valence-electron chi connectivity index (χ0n) is 34.2. The monoisotopic (exact) mass is 798 g/mol. The SMILES string of the molecule is C1=CC2=C(N(c3ccccc3)c3cccc4c3oc3ccccc34)C=C(C3CC3)C3=CC=C4C(N(c5ccccc5)c5cccc6c5oc5ccccc56)=CC(C5CC5)=C1C4C32. The normalized spacial score (nSPS) is 20.4. The number of furan rings is 2. The second-order valence-corrected chi connectivity index (χ2v) is 17.8. The van der Waals surface area contributed by atoms with Crippen LogP contribution in [0, 0.1) is 23.7 Å². The molecular formula is C58H42N2O2. The molecule has 4 heteroatoms. The third-order valence-corrected chi connectivity index (χ3v) is 14.2. The first-order chi connectivity index (χ1) is 30.8. The quantitative estimate of drug-likeness (QED) is 0.153. The summed E-state index contributed by atoms with van der Waals surface area (Å²) in [6.07, 6.45) is 19.9. The number of hydrogen-bond acceptors (Lipinski definition) is 4. The van der Waals surface area contributed by atoms with Crippen molar-refractivity contribution in [1.29, 1.82) is 0 Å². The molecule has 2 saturated carbocycles. The van der Waals surface area contributed by atoms with Crippen LogP contribution in [-0.2, 0) is 0 Å². The molecule has 2 heterocycles. The maximum Gasteiger partial charge on any atom is 0.159 e. The summed E-state index contributed by atoms with van der Waals surface area (Å²) < 4.78 is 13.6. The Bertz CT molecular complexity index is 3430. The van der Waals surface area contributed by atoms with Gasteiger partial charge in [-0.05, 0) is 132 Å². The van der Waals surface area contributed by atoms with Crippen LogP contribution in [0.1, 0.15) is 25.7 Å². The van der Waals surface area contributed by atoms with E-state index in [9.17, 15) is 0 Å². The molecule has 14 rings (SSSR count). The first-order valence-electron chi connectivity index (χ1n) is 22.3. The van der Waals surface area contributed by atoms with E-state index in [1.54, 1.807) is 0 Å². The molecule has 0 aliphatic heterocycles. The van der Waals surface area contributed by atoms with E-state index in [1.165, 1.54) is 70.5 Å². The van der Waals surface area contributed by atoms with Gasteiger partial charge in [-0.25, -0.2) is 0 Å². The molecular weight excluding hydrogens is 757 g/mol. The largest absolute Gasteiger partial charge is 0.454 e. The molecule has 0 N–H and O–H groups in total. The zero-order chi connectivity index (χ0) is 40.5. The molecule has 8 aromatic rings. The Hall–Kier alpha value is -7.30. The molecule has 0 saturated heterocycles. The molecule has 2 atom stereocenters. The molecule has 62 heavy (non-hydrogen) atoms. The van der Waals surface area contributed by atoms with E-state index in [4.69, 9.17) is 8.83 Å². The smallest absolute Gasteiger partial charge is 0.159 e. The predicted molar refractivity (Wildman–Crippen MR) is 253 cm³/mol. The highest BCUT2D eigenvalue weighted by molar-refractivity contribution is 6.11. The van der Waals surface area contributed by atoms with Crippen LogP contribution in [0.3, 0.4) is 0 Å². The Morgan fingerprint density at radius 2 is 0.919 bits per heavy atom. The molecule has 296 valence electrons. The minimum atomic E-state index is 0.156. The average molecular weight is 799 g/mol. The summed E-state index contributed by atoms with van der Waals surface area (Å²) in [4.78, 5) is 4.99. The summed E-state index contributed by atoms with van der Waals surface area (Å²) in [5.74, 6) is 1.42. The number of fused-ring (bicyclic) bond motifs is 6. The van der Waals surface area contributed by atoms with Crippen molar-refractivity contribution in [3.05, 3.63) is 227 Å². The first kappa shape index (κ1) is 34.4. The summed E-state index contributed by atoms with van der Waals surface area (Å²) in [7, 11) is 0. The Balaban J connectivity index is 1.01. The molecule has 4 nitrogen and oxygen atoms in total. The van der Waals surface area contributed by atoms with Gasteiger partial charge in [-0.1, -0.05) is 121 Å². The Labute approximate surface area is 360 Å². The van der Waals surface area contributed by atoms with Crippen molar-refractivity contribution in [2.75, 3.05) is 9.80 Å². The number of nitrogens with zero attached hydrogens (tertiary/aromatic N) is 2. The lowest BCUT2D eigenvalue weighted by molar-refractivity contribution is 0.533. The molecule has 6 aliphatic rings. The van der Waals surface area contributed by atoms with Gasteiger partial charge in [0.05, 0.1) is 22.8 Å². The molecule has 2 fully saturated rings. The highest BCUT2D eigenvalue weighted by Gasteiger charge is 2.49. The van der Waals surface area contributed by atoms with Gasteiger partial charge >= 0.3 is 0 Å². The lowest BCUT2D eigenvalue weighted by atomic mass is 9.60. The van der Waals surface area contributed by atoms with Gasteiger partial charge in [-0.15, -0.1) is 0 Å². The van der Waals surface area contributed by atoms with Crippen LogP contribution >= 0.6 is 0 Å². The Morgan fingerprint density at radius 1 is 0.403 bits per heavy atom. The molecule has 0 spiro atoms. The number of rotatable bonds is 8. The van der Waals surface area contributed by atoms with E-state index in [-0.39, 0.29) is 11.8 Å². The van der Waals surface area contributed by atoms with Crippen molar-refractivity contribution in [2.24, 2.45) is 23.7 Å². The van der Waals surface area contributed by atoms with Gasteiger partial charge in [-0.2, -0.15) is 0 Å². The summed E-state index contributed by atoms with van der Waals surface area (Å²) in [5.41, 5.74) is 19.2. The van der Waals surface area contributed by atoms with Crippen LogP contribution in [0.5, 0.6) is 0 Å². The minimum absolute atomic E-state index is 0.156. The van der Waals surface area contributed by atoms with Gasteiger partial charge in [0.25, 0.3) is 0 Å². The van der Waals surface area contributed by atoms with E-state index in [0.29, 0.717) is 11.8 Å². The van der Waals surface area contributed by atoms with Gasteiger partial charge in [0.2, 0.25) is 0 Å². The van der Waals surface area contributed by atoms with E-state index >= 15 is 0 Å². The fourth-order valence-corrected chi connectivity index (χ4v) is 11.2. The van der Waals surface area contributed by atoms with Gasteiger partial charge in [0.1, 0.15) is 11.2 Å². The van der Waals surface area contributed by atoms with Crippen molar-refractivity contribution >= 4 is 66.6 Å². The first-order valence-corrected chi connectivity index (χ1v) is 22.3. The zero-order valence-corrected chi connectivity index (χ0v) is 34.2. The number of anilines is 4. The second-order valence-electron chi connectivity index (χ2n) is 17.8. The van der Waals surface area contributed by atoms with Gasteiger partial charge in [0.15, 0.2) is 11.2 Å². The number of benzene rings is 6. The Kier molecular flexibility index (Phi) is 7.27. The molecule has 2 aromatic heterocycles. The topological polar surface area (TPSA) is 32.8 Å². The maximum atomic E-state index is 6.80. The number of hydrogen-bond donors (Lipinski definition) is 0. The van der Waals surface area contributed by atoms with Crippen LogP contribution in [-0.4, -0.2) is 0 Å². The third kappa shape index (κ3) is 5.07. The lowest BCUT2D eigenvalue weighted by Crippen LogP contribution is -2.37. The van der Waals surface area contributed by atoms with Crippen LogP contribution in [0.25, 0.3) is 43.9 Å². The summed E-state index contributed by atoms with van der Waals surface area (Å²) in [5, 5.41) is 4.55. The van der Waals surface area contributed by atoms with Crippen molar-refractivity contribution in [1.82, 2.24) is 0 Å². The van der Waals surface area contributed by atoms with E-state index in [1.807, 2.05) is 0 Å². The molecule has 0 amide bonds. The minimum Gasteiger partial charge on any atom is -0.454 e. The van der Waals surface area contributed by atoms with Crippen molar-refractivity contribution in [3.63, 3.8) is 0 Å². The number of allylic oxidation sites excluding steroid dienone is 12. The third-order valence-electron chi connectivity index (χ3n) is 14.2. The fraction of sp³-hybridized carbons (Fsp3) is 0.138. The van der Waals surface area contributed by atoms with E-state index in [0.717, 1.165) is 66.6 Å². The molecule has 6 aromatic carbocycles. The summed E-state index contributed by atoms with van der Waals surface area (Å²) >= 11 is 0. The standard InChI is InChI=1S/C58H42N2O2/c1-3-13-37(14-4-1)59(49-21-11-19-43-39-17-7-9-23-53(39)61-57(43)49)51-33-47(35-25-26-35)41-30-32-46-52(34-48(36-27-28-36)42-29-31-45(51)55(41)56(42)46)60(38-15-5-2-6-16-38)50-22-12-20-44-40-18-8-10-24-54(40)62-58(44)50/h1-24,29-36,55-56H,25-28H2. The van der Waals surface area contributed by atoms with Crippen LogP contribution < -0.4 is 9.80 Å². The second kappa shape index (κ2) is 13.1. The summed E-state index contributed by atoms with van der Waals surface area (Å²) in [6.45, 7) is 0. The van der Waals surface area contributed by atoms with Crippen molar-refractivity contribution in [3.8, 4) is 0 Å². The highest BCUT2D eigenvalue weighted by atomic mass is 16.3. The maximum absolute atomic E-state index is 6.80. The molecule has 2 unspecified atom stereocenters. The number of para-hydroxylation sites is 6. The predicted octanol–water partition coefficient (Wildman–Crippen LogP) is 15.3. The average Bonchev–Trinajstić information content (AvgIpc) is 4.28. The van der Waals surface area contributed by atoms with Crippen molar-refractivity contribution in [2.45, 2.75) is 25.7 Å². The molecule has 6 aliphatic carbocycles. The highest BCUT2D eigenvalue weighted by Crippen LogP contribution is 2.61.